The predicted octanol–water partition coefficient (Wildman–Crippen LogP) is 6.31. The fraction of sp³-hybridized carbons (Fsp3) is 0.650. The number of nitrogens with zero attached hydrogens (tertiary/aromatic N) is 3. The number of pyridine rings is 1. The molecule has 4 aliphatic rings. The number of hydrogen-bond acceptors (Lipinski definition) is 8. The van der Waals surface area contributed by atoms with Gasteiger partial charge in [-0.25, -0.2) is 4.79 Å². The second-order valence-electron chi connectivity index (χ2n) is 15.3. The average Bonchev–Trinajstić information content (AvgIpc) is 3.24. The highest BCUT2D eigenvalue weighted by Crippen LogP contribution is 2.37. The summed E-state index contributed by atoms with van der Waals surface area (Å²) in [5.74, 6) is -2.35. The normalized spacial score (nSPS) is 34.2. The molecule has 3 heterocycles. The molecule has 0 spiro atoms. The van der Waals surface area contributed by atoms with Crippen molar-refractivity contribution < 1.29 is 29.3 Å². The smallest absolute Gasteiger partial charge is 0.410 e. The Morgan fingerprint density at radius 2 is 1.71 bits per heavy atom. The third-order valence-electron chi connectivity index (χ3n) is 11.4. The largest absolute Gasteiger partial charge is 0.439 e. The van der Waals surface area contributed by atoms with Gasteiger partial charge in [-0.3, -0.25) is 19.5 Å². The number of allylic oxidation sites excluding steroid dienone is 5. The first-order valence-corrected chi connectivity index (χ1v) is 18.6. The molecule has 1 saturated carbocycles. The quantitative estimate of drug-likeness (QED) is 0.156. The number of ether oxygens (including phenoxy) is 1. The van der Waals surface area contributed by atoms with Crippen LogP contribution >= 0.6 is 0 Å². The second-order valence-corrected chi connectivity index (χ2v) is 15.3. The van der Waals surface area contributed by atoms with E-state index in [0.717, 1.165) is 18.5 Å². The summed E-state index contributed by atoms with van der Waals surface area (Å²) < 4.78 is 6.10. The minimum absolute atomic E-state index is 0.0546. The highest BCUT2D eigenvalue weighted by atomic mass is 16.6. The lowest BCUT2D eigenvalue weighted by Crippen LogP contribution is -2.59. The maximum atomic E-state index is 13.7. The number of Topliss-reactive ketones (excluding diaryl/α,β-unsaturated/α-hetero) is 2. The number of aromatic nitrogens is 1. The van der Waals surface area contributed by atoms with Gasteiger partial charge in [-0.1, -0.05) is 75.5 Å². The van der Waals surface area contributed by atoms with E-state index in [4.69, 9.17) is 4.74 Å². The number of hydrogen-bond donors (Lipinski definition) is 2. The Bertz CT molecular complexity index is 1370. The first-order valence-electron chi connectivity index (χ1n) is 18.6. The molecule has 2 bridgehead atoms. The molecule has 49 heavy (non-hydrogen) atoms. The average molecular weight is 676 g/mol. The Kier molecular flexibility index (Phi) is 12.7. The molecule has 2 unspecified atom stereocenters. The molecule has 2 aliphatic carbocycles. The highest BCUT2D eigenvalue weighted by molar-refractivity contribution is 6.38. The Morgan fingerprint density at radius 1 is 1.02 bits per heavy atom. The van der Waals surface area contributed by atoms with Gasteiger partial charge in [-0.2, -0.15) is 0 Å². The molecular formula is C40H57N3O6. The van der Waals surface area contributed by atoms with Crippen LogP contribution in [0.2, 0.25) is 0 Å². The number of carbonyl (C=O) groups is 3. The lowest BCUT2D eigenvalue weighted by molar-refractivity contribution is -0.140. The van der Waals surface area contributed by atoms with Crippen LogP contribution in [-0.4, -0.2) is 91.7 Å². The molecule has 0 radical (unpaired) electrons. The summed E-state index contributed by atoms with van der Waals surface area (Å²) >= 11 is 0. The predicted molar refractivity (Wildman–Crippen MR) is 190 cm³/mol. The molecule has 5 rings (SSSR count). The molecule has 0 aromatic carbocycles. The Labute approximate surface area is 292 Å². The number of carbonyl (C=O) groups excluding carboxylic acids is 3. The van der Waals surface area contributed by atoms with Crippen LogP contribution < -0.4 is 0 Å². The van der Waals surface area contributed by atoms with Crippen molar-refractivity contribution in [1.29, 1.82) is 0 Å². The van der Waals surface area contributed by atoms with Crippen molar-refractivity contribution in [3.05, 3.63) is 66.0 Å². The zero-order valence-electron chi connectivity index (χ0n) is 29.9. The van der Waals surface area contributed by atoms with E-state index in [1.165, 1.54) is 38.5 Å². The monoisotopic (exact) mass is 675 g/mol. The molecule has 8 atom stereocenters. The van der Waals surface area contributed by atoms with Crippen molar-refractivity contribution in [3.63, 3.8) is 0 Å². The van der Waals surface area contributed by atoms with Gasteiger partial charge in [0.2, 0.25) is 11.6 Å². The van der Waals surface area contributed by atoms with Crippen LogP contribution in [0.5, 0.6) is 0 Å². The van der Waals surface area contributed by atoms with E-state index in [0.29, 0.717) is 36.8 Å². The third kappa shape index (κ3) is 9.35. The minimum Gasteiger partial charge on any atom is -0.439 e. The van der Waals surface area contributed by atoms with E-state index >= 15 is 0 Å². The number of aliphatic hydroxyl groups is 2. The molecule has 2 N–H and O–H groups in total. The van der Waals surface area contributed by atoms with Gasteiger partial charge in [0.15, 0.2) is 6.10 Å². The van der Waals surface area contributed by atoms with Gasteiger partial charge in [0, 0.05) is 55.4 Å². The maximum absolute atomic E-state index is 13.7. The van der Waals surface area contributed by atoms with Crippen molar-refractivity contribution in [1.82, 2.24) is 14.8 Å². The first-order chi connectivity index (χ1) is 23.4. The third-order valence-corrected chi connectivity index (χ3v) is 11.4. The van der Waals surface area contributed by atoms with Crippen LogP contribution in [0.15, 0.2) is 60.3 Å². The standard InChI is InChI=1S/C40H57N3O6/c1-27(34-16-9-10-23-41-34)12-11-13-28(2)37-29(3)17-20-36(40(4,48)22-21-33(44)24-35(45)38(37)46)49-39(47)42-25-31-18-19-32(26-42)43(31)30-14-7-5-6-8-15-30/h9-13,16-17,20,23,27,29-33,36-37,44,48H,5-8,14-15,18-19,21-22,24-26H2,1-4H3/b12-11+,20-17+,28-13+/t27-,29-,31?,32?,33-,36-,37+,40-/m0/s1. The molecule has 268 valence electrons. The highest BCUT2D eigenvalue weighted by Gasteiger charge is 2.46. The number of aliphatic hydroxyl groups excluding tert-OH is 1. The van der Waals surface area contributed by atoms with Crippen LogP contribution in [0.25, 0.3) is 0 Å². The Hall–Kier alpha value is -3.14. The summed E-state index contributed by atoms with van der Waals surface area (Å²) in [7, 11) is 0. The topological polar surface area (TPSA) is 120 Å². The fourth-order valence-electron chi connectivity index (χ4n) is 8.45. The van der Waals surface area contributed by atoms with Crippen molar-refractivity contribution in [2.75, 3.05) is 13.1 Å². The minimum atomic E-state index is -1.50. The molecule has 1 aromatic heterocycles. The van der Waals surface area contributed by atoms with Crippen LogP contribution in [0.4, 0.5) is 4.79 Å². The van der Waals surface area contributed by atoms with E-state index in [1.54, 1.807) is 25.3 Å². The van der Waals surface area contributed by atoms with Gasteiger partial charge >= 0.3 is 6.09 Å². The maximum Gasteiger partial charge on any atom is 0.410 e. The molecular weight excluding hydrogens is 618 g/mol. The van der Waals surface area contributed by atoms with E-state index < -0.39 is 47.3 Å². The van der Waals surface area contributed by atoms with Crippen molar-refractivity contribution in [2.45, 2.75) is 140 Å². The van der Waals surface area contributed by atoms with Gasteiger partial charge in [0.05, 0.1) is 12.0 Å². The van der Waals surface area contributed by atoms with Gasteiger partial charge in [-0.15, -0.1) is 0 Å². The SMILES string of the molecule is C/C(=C\C=C\[C@H](C)c1ccccn1)[C@H]1C(=O)C(=O)C[C@@H](O)CC[C@](C)(O)[C@@H](OC(=O)N2CC3CCC(C2)N3C2CCCCCC2)/C=C/[C@@H]1C. The fourth-order valence-corrected chi connectivity index (χ4v) is 8.45. The Morgan fingerprint density at radius 3 is 2.37 bits per heavy atom. The Balaban J connectivity index is 1.32. The number of fused-ring (bicyclic) bond motifs is 2. The molecule has 1 amide bonds. The molecule has 2 saturated heterocycles. The van der Waals surface area contributed by atoms with Crippen LogP contribution in [0.1, 0.15) is 110 Å². The molecule has 9 nitrogen and oxygen atoms in total. The summed E-state index contributed by atoms with van der Waals surface area (Å²) in [6.45, 7) is 8.56. The zero-order chi connectivity index (χ0) is 35.1. The molecule has 9 heteroatoms. The van der Waals surface area contributed by atoms with Gasteiger partial charge in [-0.05, 0) is 76.5 Å². The van der Waals surface area contributed by atoms with Crippen LogP contribution in [0, 0.1) is 11.8 Å². The summed E-state index contributed by atoms with van der Waals surface area (Å²) in [5, 5.41) is 22.4. The molecule has 1 aromatic rings. The lowest BCUT2D eigenvalue weighted by Gasteiger charge is -2.45. The van der Waals surface area contributed by atoms with E-state index in [9.17, 15) is 24.6 Å². The number of amides is 1. The van der Waals surface area contributed by atoms with Crippen LogP contribution in [0.3, 0.4) is 0 Å². The summed E-state index contributed by atoms with van der Waals surface area (Å²) in [4.78, 5) is 49.3. The second kappa shape index (κ2) is 16.7. The lowest BCUT2D eigenvalue weighted by atomic mass is 9.79. The van der Waals surface area contributed by atoms with E-state index in [-0.39, 0.29) is 25.2 Å². The van der Waals surface area contributed by atoms with Crippen LogP contribution in [-0.2, 0) is 14.3 Å². The number of piperazine rings is 1. The van der Waals surface area contributed by atoms with Crippen molar-refractivity contribution in [2.24, 2.45) is 11.8 Å². The van der Waals surface area contributed by atoms with Gasteiger partial charge in [0.25, 0.3) is 0 Å². The van der Waals surface area contributed by atoms with E-state index in [1.807, 2.05) is 62.1 Å². The van der Waals surface area contributed by atoms with Gasteiger partial charge in [0.1, 0.15) is 5.60 Å². The number of likely N-dealkylation sites (tertiary alicyclic amines) is 1. The number of ketones is 2. The molecule has 3 fully saturated rings. The first kappa shape index (κ1) is 37.1. The summed E-state index contributed by atoms with van der Waals surface area (Å²) in [6, 6.07) is 7.03. The van der Waals surface area contributed by atoms with Crippen molar-refractivity contribution in [3.8, 4) is 0 Å². The van der Waals surface area contributed by atoms with Crippen molar-refractivity contribution >= 4 is 17.7 Å². The summed E-state index contributed by atoms with van der Waals surface area (Å²) in [6.07, 6.45) is 18.1. The zero-order valence-corrected chi connectivity index (χ0v) is 29.9. The molecule has 2 aliphatic heterocycles. The van der Waals surface area contributed by atoms with E-state index in [2.05, 4.69) is 9.88 Å². The number of rotatable bonds is 6. The summed E-state index contributed by atoms with van der Waals surface area (Å²) in [5.41, 5.74) is 0.133. The van der Waals surface area contributed by atoms with Gasteiger partial charge < -0.3 is 19.8 Å².